The van der Waals surface area contributed by atoms with E-state index in [1.54, 1.807) is 48.5 Å². The fraction of sp³-hybridized carbons (Fsp3) is 0.286. The molecule has 5 heteroatoms. The van der Waals surface area contributed by atoms with Crippen molar-refractivity contribution in [3.63, 3.8) is 0 Å². The molecule has 0 amide bonds. The normalized spacial score (nSPS) is 11.5. The van der Waals surface area contributed by atoms with Gasteiger partial charge in [0, 0.05) is 0 Å². The van der Waals surface area contributed by atoms with Gasteiger partial charge < -0.3 is 14.2 Å². The minimum Gasteiger partial charge on any atom is -0.494 e. The van der Waals surface area contributed by atoms with Crippen LogP contribution in [0.1, 0.15) is 71.9 Å². The van der Waals surface area contributed by atoms with Crippen LogP contribution in [-0.4, -0.2) is 18.5 Å². The highest BCUT2D eigenvalue weighted by Crippen LogP contribution is 2.21. The Labute approximate surface area is 195 Å². The predicted molar refractivity (Wildman–Crippen MR) is 128 cm³/mol. The summed E-state index contributed by atoms with van der Waals surface area (Å²) in [4.78, 5) is 24.8. The van der Waals surface area contributed by atoms with E-state index < -0.39 is 11.9 Å². The van der Waals surface area contributed by atoms with Gasteiger partial charge in [-0.15, -0.1) is 0 Å². The van der Waals surface area contributed by atoms with Gasteiger partial charge >= 0.3 is 11.9 Å². The quantitative estimate of drug-likeness (QED) is 0.184. The lowest BCUT2D eigenvalue weighted by Gasteiger charge is -2.13. The maximum Gasteiger partial charge on any atom is 0.343 e. The van der Waals surface area contributed by atoms with Crippen molar-refractivity contribution in [2.75, 3.05) is 6.61 Å². The van der Waals surface area contributed by atoms with E-state index >= 15 is 0 Å². The van der Waals surface area contributed by atoms with Crippen LogP contribution in [0.2, 0.25) is 0 Å². The van der Waals surface area contributed by atoms with Crippen molar-refractivity contribution in [2.24, 2.45) is 0 Å². The Kier molecular flexibility index (Phi) is 9.07. The molecule has 0 spiro atoms. The molecule has 0 aromatic heterocycles. The summed E-state index contributed by atoms with van der Waals surface area (Å²) in [5, 5.41) is 0. The molecule has 0 radical (unpaired) electrons. The monoisotopic (exact) mass is 446 g/mol. The van der Waals surface area contributed by atoms with Gasteiger partial charge in [-0.05, 0) is 67.4 Å². The molecule has 3 aromatic carbocycles. The standard InChI is InChI=1S/C28H30O5/c1-3-4-5-9-20-31-25-16-12-24(13-17-25)28(30)33-26-18-14-23(15-19-26)27(29)32-21(2)22-10-7-6-8-11-22/h6-8,10-19,21H,3-5,9,20H2,1-2H3/t21-/m1/s1. The number of carbonyl (C=O) groups is 2. The Morgan fingerprint density at radius 3 is 1.97 bits per heavy atom. The zero-order valence-corrected chi connectivity index (χ0v) is 19.2. The van der Waals surface area contributed by atoms with Gasteiger partial charge in [-0.2, -0.15) is 0 Å². The number of hydrogen-bond donors (Lipinski definition) is 0. The number of esters is 2. The smallest absolute Gasteiger partial charge is 0.343 e. The summed E-state index contributed by atoms with van der Waals surface area (Å²) in [6, 6.07) is 22.8. The molecule has 0 saturated heterocycles. The maximum atomic E-state index is 12.4. The highest BCUT2D eigenvalue weighted by molar-refractivity contribution is 5.92. The molecule has 0 heterocycles. The highest BCUT2D eigenvalue weighted by atomic mass is 16.5. The first kappa shape index (κ1) is 24.1. The third-order valence-electron chi connectivity index (χ3n) is 5.21. The first-order valence-corrected chi connectivity index (χ1v) is 11.4. The van der Waals surface area contributed by atoms with Crippen LogP contribution in [0.25, 0.3) is 0 Å². The minimum atomic E-state index is -0.475. The molecule has 0 aliphatic rings. The van der Waals surface area contributed by atoms with Gasteiger partial charge in [0.15, 0.2) is 0 Å². The lowest BCUT2D eigenvalue weighted by Crippen LogP contribution is -2.10. The number of hydrogen-bond acceptors (Lipinski definition) is 5. The molecule has 0 aliphatic heterocycles. The van der Waals surface area contributed by atoms with Crippen molar-refractivity contribution in [3.8, 4) is 11.5 Å². The van der Waals surface area contributed by atoms with Crippen molar-refractivity contribution in [1.29, 1.82) is 0 Å². The molecule has 0 aliphatic carbocycles. The van der Waals surface area contributed by atoms with E-state index in [0.29, 0.717) is 23.5 Å². The molecule has 0 saturated carbocycles. The fourth-order valence-electron chi connectivity index (χ4n) is 3.25. The van der Waals surface area contributed by atoms with Crippen LogP contribution in [0, 0.1) is 0 Å². The van der Waals surface area contributed by atoms with Crippen molar-refractivity contribution in [2.45, 2.75) is 45.6 Å². The molecule has 3 aromatic rings. The molecule has 0 fully saturated rings. The van der Waals surface area contributed by atoms with Crippen molar-refractivity contribution >= 4 is 11.9 Å². The molecule has 0 unspecified atom stereocenters. The van der Waals surface area contributed by atoms with Crippen LogP contribution in [0.4, 0.5) is 0 Å². The van der Waals surface area contributed by atoms with E-state index in [1.807, 2.05) is 37.3 Å². The lowest BCUT2D eigenvalue weighted by molar-refractivity contribution is 0.0338. The Bertz CT molecular complexity index is 1010. The molecular formula is C28H30O5. The summed E-state index contributed by atoms with van der Waals surface area (Å²) in [5.41, 5.74) is 1.73. The van der Waals surface area contributed by atoms with Gasteiger partial charge in [0.25, 0.3) is 0 Å². The summed E-state index contributed by atoms with van der Waals surface area (Å²) in [7, 11) is 0. The summed E-state index contributed by atoms with van der Waals surface area (Å²) >= 11 is 0. The van der Waals surface area contributed by atoms with Gasteiger partial charge in [-0.3, -0.25) is 0 Å². The number of ether oxygens (including phenoxy) is 3. The molecule has 1 atom stereocenters. The first-order valence-electron chi connectivity index (χ1n) is 11.4. The zero-order valence-electron chi connectivity index (χ0n) is 19.2. The Balaban J connectivity index is 1.49. The average molecular weight is 447 g/mol. The van der Waals surface area contributed by atoms with Gasteiger partial charge in [0.05, 0.1) is 17.7 Å². The van der Waals surface area contributed by atoms with E-state index in [-0.39, 0.29) is 6.10 Å². The number of unbranched alkanes of at least 4 members (excludes halogenated alkanes) is 3. The first-order chi connectivity index (χ1) is 16.1. The van der Waals surface area contributed by atoms with Crippen molar-refractivity contribution in [1.82, 2.24) is 0 Å². The summed E-state index contributed by atoms with van der Waals surface area (Å²) in [5.74, 6) is 0.173. The van der Waals surface area contributed by atoms with E-state index in [1.165, 1.54) is 12.8 Å². The number of carbonyl (C=O) groups excluding carboxylic acids is 2. The maximum absolute atomic E-state index is 12.4. The minimum absolute atomic E-state index is 0.351. The second-order valence-corrected chi connectivity index (χ2v) is 7.81. The van der Waals surface area contributed by atoms with Gasteiger partial charge in [-0.1, -0.05) is 56.5 Å². The number of rotatable bonds is 11. The molecule has 33 heavy (non-hydrogen) atoms. The van der Waals surface area contributed by atoms with Crippen LogP contribution in [0.3, 0.4) is 0 Å². The van der Waals surface area contributed by atoms with Crippen LogP contribution < -0.4 is 9.47 Å². The second-order valence-electron chi connectivity index (χ2n) is 7.81. The van der Waals surface area contributed by atoms with E-state index in [4.69, 9.17) is 14.2 Å². The van der Waals surface area contributed by atoms with Crippen molar-refractivity contribution in [3.05, 3.63) is 95.6 Å². The van der Waals surface area contributed by atoms with Crippen molar-refractivity contribution < 1.29 is 23.8 Å². The van der Waals surface area contributed by atoms with Gasteiger partial charge in [-0.25, -0.2) is 9.59 Å². The highest BCUT2D eigenvalue weighted by Gasteiger charge is 2.14. The van der Waals surface area contributed by atoms with Crippen LogP contribution in [-0.2, 0) is 4.74 Å². The average Bonchev–Trinajstić information content (AvgIpc) is 2.85. The Hall–Kier alpha value is -3.60. The molecule has 0 N–H and O–H groups in total. The van der Waals surface area contributed by atoms with Gasteiger partial charge in [0.1, 0.15) is 17.6 Å². The van der Waals surface area contributed by atoms with Crippen LogP contribution in [0.15, 0.2) is 78.9 Å². The lowest BCUT2D eigenvalue weighted by atomic mass is 10.1. The fourth-order valence-corrected chi connectivity index (χ4v) is 3.25. The van der Waals surface area contributed by atoms with E-state index in [2.05, 4.69) is 6.92 Å². The topological polar surface area (TPSA) is 61.8 Å². The third-order valence-corrected chi connectivity index (χ3v) is 5.21. The molecule has 5 nitrogen and oxygen atoms in total. The zero-order chi connectivity index (χ0) is 23.5. The SMILES string of the molecule is CCCCCCOc1ccc(C(=O)Oc2ccc(C(=O)O[C@H](C)c3ccccc3)cc2)cc1. The van der Waals surface area contributed by atoms with Gasteiger partial charge in [0.2, 0.25) is 0 Å². The summed E-state index contributed by atoms with van der Waals surface area (Å²) in [6.45, 7) is 4.67. The third kappa shape index (κ3) is 7.49. The molecular weight excluding hydrogens is 416 g/mol. The van der Waals surface area contributed by atoms with E-state index in [0.717, 1.165) is 24.2 Å². The summed E-state index contributed by atoms with van der Waals surface area (Å²) < 4.78 is 16.6. The summed E-state index contributed by atoms with van der Waals surface area (Å²) in [6.07, 6.45) is 4.22. The Morgan fingerprint density at radius 2 is 1.33 bits per heavy atom. The predicted octanol–water partition coefficient (Wildman–Crippen LogP) is 6.78. The Morgan fingerprint density at radius 1 is 0.727 bits per heavy atom. The number of benzene rings is 3. The second kappa shape index (κ2) is 12.4. The van der Waals surface area contributed by atoms with Crippen LogP contribution >= 0.6 is 0 Å². The molecule has 172 valence electrons. The van der Waals surface area contributed by atoms with E-state index in [9.17, 15) is 9.59 Å². The largest absolute Gasteiger partial charge is 0.494 e. The molecule has 3 rings (SSSR count). The molecule has 0 bridgehead atoms. The van der Waals surface area contributed by atoms with Crippen LogP contribution in [0.5, 0.6) is 11.5 Å².